The number of nitrogens with zero attached hydrogens (tertiary/aromatic N) is 2. The first-order valence-electron chi connectivity index (χ1n) is 7.29. The summed E-state index contributed by atoms with van der Waals surface area (Å²) in [5, 5.41) is 0. The maximum Gasteiger partial charge on any atom is 0.132 e. The topological polar surface area (TPSA) is 53.1 Å². The van der Waals surface area contributed by atoms with Gasteiger partial charge in [-0.05, 0) is 19.1 Å². The molecule has 4 nitrogen and oxygen atoms in total. The Bertz CT molecular complexity index is 629. The van der Waals surface area contributed by atoms with Gasteiger partial charge >= 0.3 is 0 Å². The van der Waals surface area contributed by atoms with Crippen LogP contribution in [-0.2, 0) is 6.54 Å². The van der Waals surface area contributed by atoms with Gasteiger partial charge in [-0.1, -0.05) is 32.1 Å². The van der Waals surface area contributed by atoms with Crippen molar-refractivity contribution in [2.75, 3.05) is 12.3 Å². The zero-order valence-corrected chi connectivity index (χ0v) is 13.0. The van der Waals surface area contributed by atoms with Crippen molar-refractivity contribution in [2.24, 2.45) is 0 Å². The first-order valence-corrected chi connectivity index (χ1v) is 7.29. The summed E-state index contributed by atoms with van der Waals surface area (Å²) in [5.41, 5.74) is 8.04. The van der Waals surface area contributed by atoms with E-state index in [-0.39, 0.29) is 0 Å². The molecule has 4 heteroatoms. The van der Waals surface area contributed by atoms with Gasteiger partial charge in [0, 0.05) is 18.0 Å². The summed E-state index contributed by atoms with van der Waals surface area (Å²) in [4.78, 5) is 4.75. The Kier molecular flexibility index (Phi) is 4.68. The van der Waals surface area contributed by atoms with E-state index < -0.39 is 0 Å². The molecule has 0 aliphatic rings. The van der Waals surface area contributed by atoms with Crippen molar-refractivity contribution in [3.63, 3.8) is 0 Å². The molecule has 0 saturated carbocycles. The molecular formula is C17H23N3O. The highest BCUT2D eigenvalue weighted by atomic mass is 16.5. The van der Waals surface area contributed by atoms with Gasteiger partial charge in [0.25, 0.3) is 0 Å². The number of hydrogen-bond donors (Lipinski definition) is 1. The second kappa shape index (κ2) is 6.48. The number of anilines is 1. The average Bonchev–Trinajstić information content (AvgIpc) is 2.78. The molecule has 1 aromatic carbocycles. The van der Waals surface area contributed by atoms with E-state index in [4.69, 9.17) is 15.5 Å². The fourth-order valence-electron chi connectivity index (χ4n) is 2.39. The fourth-order valence-corrected chi connectivity index (χ4v) is 2.39. The summed E-state index contributed by atoms with van der Waals surface area (Å²) in [6.07, 6.45) is 1.84. The van der Waals surface area contributed by atoms with E-state index in [0.717, 1.165) is 22.8 Å². The molecule has 21 heavy (non-hydrogen) atoms. The number of allylic oxidation sites excluding steroid dienone is 1. The minimum atomic E-state index is 0.292. The minimum absolute atomic E-state index is 0.292. The average molecular weight is 285 g/mol. The number of rotatable bonds is 6. The second-order valence-electron chi connectivity index (χ2n) is 5.19. The Morgan fingerprint density at radius 1 is 1.38 bits per heavy atom. The molecule has 0 saturated heterocycles. The van der Waals surface area contributed by atoms with Crippen LogP contribution in [0.5, 0.6) is 5.75 Å². The smallest absolute Gasteiger partial charge is 0.132 e. The van der Waals surface area contributed by atoms with Crippen LogP contribution in [0.25, 0.3) is 11.3 Å². The van der Waals surface area contributed by atoms with Crippen molar-refractivity contribution in [3.05, 3.63) is 42.7 Å². The lowest BCUT2D eigenvalue weighted by Gasteiger charge is -2.10. The summed E-state index contributed by atoms with van der Waals surface area (Å²) in [5.74, 6) is 2.73. The molecule has 0 radical (unpaired) electrons. The third kappa shape index (κ3) is 2.94. The fraction of sp³-hybridized carbons (Fsp3) is 0.353. The van der Waals surface area contributed by atoms with Crippen molar-refractivity contribution in [1.29, 1.82) is 0 Å². The van der Waals surface area contributed by atoms with Gasteiger partial charge in [0.2, 0.25) is 0 Å². The van der Waals surface area contributed by atoms with Crippen molar-refractivity contribution in [2.45, 2.75) is 33.2 Å². The van der Waals surface area contributed by atoms with Crippen LogP contribution in [0.2, 0.25) is 0 Å². The molecular weight excluding hydrogens is 262 g/mol. The molecule has 1 aromatic heterocycles. The van der Waals surface area contributed by atoms with Crippen molar-refractivity contribution >= 4 is 5.82 Å². The quantitative estimate of drug-likeness (QED) is 0.820. The molecule has 0 spiro atoms. The lowest BCUT2D eigenvalue weighted by atomic mass is 10.1. The SMILES string of the molecule is C=CCn1c(C(C)C)nc(-c2ccccc2OCC)c1N. The number of hydrogen-bond acceptors (Lipinski definition) is 3. The highest BCUT2D eigenvalue weighted by molar-refractivity contribution is 5.76. The standard InChI is InChI=1S/C17H23N3O/c1-5-11-20-16(18)15(19-17(20)12(3)4)13-9-7-8-10-14(13)21-6-2/h5,7-10,12H,1,6,11,18H2,2-4H3. The summed E-state index contributed by atoms with van der Waals surface area (Å²) in [6, 6.07) is 7.86. The first kappa shape index (κ1) is 15.2. The Hall–Kier alpha value is -2.23. The zero-order valence-electron chi connectivity index (χ0n) is 13.0. The van der Waals surface area contributed by atoms with Gasteiger partial charge in [0.15, 0.2) is 0 Å². The highest BCUT2D eigenvalue weighted by Gasteiger charge is 2.19. The highest BCUT2D eigenvalue weighted by Crippen LogP contribution is 2.35. The molecule has 2 rings (SSSR count). The summed E-state index contributed by atoms with van der Waals surface area (Å²) in [7, 11) is 0. The molecule has 0 bridgehead atoms. The number of ether oxygens (including phenoxy) is 1. The first-order chi connectivity index (χ1) is 10.1. The van der Waals surface area contributed by atoms with E-state index in [1.807, 2.05) is 41.8 Å². The summed E-state index contributed by atoms with van der Waals surface area (Å²) >= 11 is 0. The number of aromatic nitrogens is 2. The molecule has 0 atom stereocenters. The normalized spacial score (nSPS) is 10.9. The van der Waals surface area contributed by atoms with E-state index in [0.29, 0.717) is 24.9 Å². The number of imidazole rings is 1. The monoisotopic (exact) mass is 285 g/mol. The predicted octanol–water partition coefficient (Wildman–Crippen LogP) is 3.84. The number of nitrogen functional groups attached to an aromatic ring is 1. The Balaban J connectivity index is 2.59. The molecule has 0 unspecified atom stereocenters. The maximum absolute atomic E-state index is 6.32. The number of benzene rings is 1. The minimum Gasteiger partial charge on any atom is -0.493 e. The predicted molar refractivity (Wildman–Crippen MR) is 87.5 cm³/mol. The van der Waals surface area contributed by atoms with Crippen LogP contribution in [0.3, 0.4) is 0 Å². The third-order valence-corrected chi connectivity index (χ3v) is 3.31. The molecule has 2 N–H and O–H groups in total. The van der Waals surface area contributed by atoms with Gasteiger partial charge in [-0.3, -0.25) is 0 Å². The summed E-state index contributed by atoms with van der Waals surface area (Å²) < 4.78 is 7.70. The van der Waals surface area contributed by atoms with Gasteiger partial charge < -0.3 is 15.0 Å². The van der Waals surface area contributed by atoms with Gasteiger partial charge in [-0.2, -0.15) is 0 Å². The van der Waals surface area contributed by atoms with Crippen molar-refractivity contribution in [3.8, 4) is 17.0 Å². The van der Waals surface area contributed by atoms with Gasteiger partial charge in [-0.15, -0.1) is 6.58 Å². The van der Waals surface area contributed by atoms with Crippen LogP contribution < -0.4 is 10.5 Å². The van der Waals surface area contributed by atoms with Crippen LogP contribution in [0.4, 0.5) is 5.82 Å². The molecule has 0 fully saturated rings. The van der Waals surface area contributed by atoms with E-state index in [2.05, 4.69) is 20.4 Å². The van der Waals surface area contributed by atoms with Crippen LogP contribution >= 0.6 is 0 Å². The van der Waals surface area contributed by atoms with Gasteiger partial charge in [0.1, 0.15) is 23.1 Å². The second-order valence-corrected chi connectivity index (χ2v) is 5.19. The van der Waals surface area contributed by atoms with Crippen LogP contribution in [-0.4, -0.2) is 16.2 Å². The van der Waals surface area contributed by atoms with Crippen molar-refractivity contribution < 1.29 is 4.74 Å². The zero-order chi connectivity index (χ0) is 15.4. The molecule has 1 heterocycles. The van der Waals surface area contributed by atoms with Crippen LogP contribution in [0, 0.1) is 0 Å². The molecule has 112 valence electrons. The van der Waals surface area contributed by atoms with Gasteiger partial charge in [-0.25, -0.2) is 4.98 Å². The van der Waals surface area contributed by atoms with Crippen molar-refractivity contribution in [1.82, 2.24) is 9.55 Å². The Morgan fingerprint density at radius 3 is 2.71 bits per heavy atom. The number of nitrogens with two attached hydrogens (primary N) is 1. The summed E-state index contributed by atoms with van der Waals surface area (Å²) in [6.45, 7) is 11.3. The van der Waals surface area contributed by atoms with E-state index in [1.54, 1.807) is 0 Å². The van der Waals surface area contributed by atoms with E-state index >= 15 is 0 Å². The van der Waals surface area contributed by atoms with E-state index in [9.17, 15) is 0 Å². The van der Waals surface area contributed by atoms with Crippen LogP contribution in [0.1, 0.15) is 32.5 Å². The Labute approximate surface area is 126 Å². The molecule has 2 aromatic rings. The number of para-hydroxylation sites is 1. The molecule has 0 aliphatic carbocycles. The van der Waals surface area contributed by atoms with Crippen LogP contribution in [0.15, 0.2) is 36.9 Å². The van der Waals surface area contributed by atoms with Gasteiger partial charge in [0.05, 0.1) is 6.61 Å². The molecule has 0 aliphatic heterocycles. The maximum atomic E-state index is 6.32. The lowest BCUT2D eigenvalue weighted by molar-refractivity contribution is 0.341. The van der Waals surface area contributed by atoms with E-state index in [1.165, 1.54) is 0 Å². The molecule has 0 amide bonds. The lowest BCUT2D eigenvalue weighted by Crippen LogP contribution is -2.07. The largest absolute Gasteiger partial charge is 0.493 e. The Morgan fingerprint density at radius 2 is 2.10 bits per heavy atom. The third-order valence-electron chi connectivity index (χ3n) is 3.31.